The molecule has 2 heterocycles. The van der Waals surface area contributed by atoms with Gasteiger partial charge in [0, 0.05) is 30.7 Å². The lowest BCUT2D eigenvalue weighted by atomic mass is 9.79. The summed E-state index contributed by atoms with van der Waals surface area (Å²) in [6.07, 6.45) is 1.35. The van der Waals surface area contributed by atoms with E-state index >= 15 is 0 Å². The maximum atomic E-state index is 12.6. The highest BCUT2D eigenvalue weighted by Crippen LogP contribution is 2.30. The number of ether oxygens (including phenoxy) is 1. The summed E-state index contributed by atoms with van der Waals surface area (Å²) in [7, 11) is 0. The van der Waals surface area contributed by atoms with E-state index in [1.807, 2.05) is 31.2 Å². The van der Waals surface area contributed by atoms with E-state index in [1.165, 1.54) is 0 Å². The Morgan fingerprint density at radius 3 is 2.73 bits per heavy atom. The van der Waals surface area contributed by atoms with E-state index in [-0.39, 0.29) is 5.91 Å². The van der Waals surface area contributed by atoms with Gasteiger partial charge in [0.2, 0.25) is 5.91 Å². The largest absolute Gasteiger partial charge is 0.459 e. The molecule has 5 nitrogen and oxygen atoms in total. The van der Waals surface area contributed by atoms with Crippen LogP contribution in [0.15, 0.2) is 28.7 Å². The minimum absolute atomic E-state index is 0.00171. The number of fused-ring (bicyclic) bond motifs is 1. The molecule has 118 valence electrons. The van der Waals surface area contributed by atoms with Crippen molar-refractivity contribution in [3.8, 4) is 0 Å². The Labute approximate surface area is 129 Å². The Bertz CT molecular complexity index is 672. The number of hydrogen-bond donors (Lipinski definition) is 2. The summed E-state index contributed by atoms with van der Waals surface area (Å²) in [6, 6.07) is 7.89. The number of carbonyl (C=O) groups excluding carboxylic acids is 1. The van der Waals surface area contributed by atoms with Gasteiger partial charge in [0.05, 0.1) is 12.0 Å². The third kappa shape index (κ3) is 2.62. The van der Waals surface area contributed by atoms with Crippen LogP contribution in [0.2, 0.25) is 0 Å². The summed E-state index contributed by atoms with van der Waals surface area (Å²) in [5.74, 6) is 0.798. The fourth-order valence-corrected chi connectivity index (χ4v) is 3.03. The lowest BCUT2D eigenvalue weighted by Crippen LogP contribution is -2.48. The zero-order chi connectivity index (χ0) is 15.6. The smallest absolute Gasteiger partial charge is 0.228 e. The van der Waals surface area contributed by atoms with E-state index in [2.05, 4.69) is 5.32 Å². The average Bonchev–Trinajstić information content (AvgIpc) is 2.90. The highest BCUT2D eigenvalue weighted by Gasteiger charge is 2.38. The molecule has 1 aliphatic rings. The monoisotopic (exact) mass is 302 g/mol. The molecule has 1 aromatic carbocycles. The van der Waals surface area contributed by atoms with Crippen molar-refractivity contribution in [2.75, 3.05) is 19.8 Å². The van der Waals surface area contributed by atoms with Crippen molar-refractivity contribution >= 4 is 16.9 Å². The number of furan rings is 1. The maximum Gasteiger partial charge on any atom is 0.228 e. The van der Waals surface area contributed by atoms with Crippen LogP contribution in [-0.4, -0.2) is 25.7 Å². The maximum absolute atomic E-state index is 12.6. The Morgan fingerprint density at radius 2 is 2.05 bits per heavy atom. The van der Waals surface area contributed by atoms with Crippen LogP contribution in [-0.2, 0) is 16.1 Å². The number of amides is 1. The van der Waals surface area contributed by atoms with Gasteiger partial charge < -0.3 is 20.2 Å². The van der Waals surface area contributed by atoms with E-state index in [4.69, 9.17) is 14.9 Å². The van der Waals surface area contributed by atoms with E-state index in [1.54, 1.807) is 0 Å². The zero-order valence-electron chi connectivity index (χ0n) is 12.9. The van der Waals surface area contributed by atoms with Crippen LogP contribution in [0.4, 0.5) is 0 Å². The zero-order valence-corrected chi connectivity index (χ0v) is 12.9. The Morgan fingerprint density at radius 1 is 1.32 bits per heavy atom. The van der Waals surface area contributed by atoms with E-state index in [9.17, 15) is 4.79 Å². The summed E-state index contributed by atoms with van der Waals surface area (Å²) in [5, 5.41) is 4.08. The van der Waals surface area contributed by atoms with Gasteiger partial charge in [0.1, 0.15) is 11.3 Å². The molecule has 0 aliphatic carbocycles. The SMILES string of the molecule is Cc1c(CNC(=O)C2(CN)CCOCC2)oc2ccccc12. The molecule has 1 amide bonds. The van der Waals surface area contributed by atoms with Gasteiger partial charge in [-0.15, -0.1) is 0 Å². The summed E-state index contributed by atoms with van der Waals surface area (Å²) in [4.78, 5) is 12.6. The number of benzene rings is 1. The second-order valence-electron chi connectivity index (χ2n) is 5.93. The fourth-order valence-electron chi connectivity index (χ4n) is 3.03. The minimum Gasteiger partial charge on any atom is -0.459 e. The first-order valence-corrected chi connectivity index (χ1v) is 7.69. The number of nitrogens with two attached hydrogens (primary N) is 1. The third-order valence-electron chi connectivity index (χ3n) is 4.67. The predicted octanol–water partition coefficient (Wildman–Crippen LogP) is 2.11. The first-order valence-electron chi connectivity index (χ1n) is 7.69. The molecule has 0 spiro atoms. The number of carbonyl (C=O) groups is 1. The molecule has 0 unspecified atom stereocenters. The van der Waals surface area contributed by atoms with E-state index < -0.39 is 5.41 Å². The Hall–Kier alpha value is -1.85. The summed E-state index contributed by atoms with van der Waals surface area (Å²) < 4.78 is 11.2. The molecule has 1 saturated heterocycles. The quantitative estimate of drug-likeness (QED) is 0.907. The first kappa shape index (κ1) is 15.1. The average molecular weight is 302 g/mol. The summed E-state index contributed by atoms with van der Waals surface area (Å²) in [6.45, 7) is 3.94. The summed E-state index contributed by atoms with van der Waals surface area (Å²) in [5.41, 5.74) is 7.28. The Balaban J connectivity index is 1.73. The van der Waals surface area contributed by atoms with Gasteiger partial charge in [0.25, 0.3) is 0 Å². The van der Waals surface area contributed by atoms with Gasteiger partial charge in [-0.25, -0.2) is 0 Å². The molecule has 22 heavy (non-hydrogen) atoms. The van der Waals surface area contributed by atoms with Crippen LogP contribution in [0, 0.1) is 12.3 Å². The number of hydrogen-bond acceptors (Lipinski definition) is 4. The number of para-hydroxylation sites is 1. The van der Waals surface area contributed by atoms with Crippen molar-refractivity contribution in [3.63, 3.8) is 0 Å². The van der Waals surface area contributed by atoms with E-state index in [0.717, 1.165) is 22.3 Å². The predicted molar refractivity (Wildman–Crippen MR) is 84.3 cm³/mol. The normalized spacial score (nSPS) is 17.5. The van der Waals surface area contributed by atoms with Crippen molar-refractivity contribution in [1.82, 2.24) is 5.32 Å². The molecule has 3 rings (SSSR count). The highest BCUT2D eigenvalue weighted by atomic mass is 16.5. The molecule has 2 aromatic rings. The van der Waals surface area contributed by atoms with E-state index in [0.29, 0.717) is 39.1 Å². The van der Waals surface area contributed by atoms with Gasteiger partial charge in [0.15, 0.2) is 0 Å². The molecule has 1 aromatic heterocycles. The van der Waals surface area contributed by atoms with Gasteiger partial charge in [-0.1, -0.05) is 18.2 Å². The lowest BCUT2D eigenvalue weighted by molar-refractivity contribution is -0.136. The fraction of sp³-hybridized carbons (Fsp3) is 0.471. The lowest BCUT2D eigenvalue weighted by Gasteiger charge is -2.34. The second-order valence-corrected chi connectivity index (χ2v) is 5.93. The Kier molecular flexibility index (Phi) is 4.18. The van der Waals surface area contributed by atoms with Crippen molar-refractivity contribution in [2.45, 2.75) is 26.3 Å². The number of nitrogens with one attached hydrogen (secondary N) is 1. The first-order chi connectivity index (χ1) is 10.7. The van der Waals surface area contributed by atoms with Crippen LogP contribution in [0.3, 0.4) is 0 Å². The molecular formula is C17H22N2O3. The second kappa shape index (κ2) is 6.10. The van der Waals surface area contributed by atoms with Gasteiger partial charge in [-0.05, 0) is 25.8 Å². The third-order valence-corrected chi connectivity index (χ3v) is 4.67. The minimum atomic E-state index is -0.502. The van der Waals surface area contributed by atoms with Crippen LogP contribution in [0.1, 0.15) is 24.2 Å². The van der Waals surface area contributed by atoms with Crippen molar-refractivity contribution in [2.24, 2.45) is 11.1 Å². The highest BCUT2D eigenvalue weighted by molar-refractivity contribution is 5.84. The topological polar surface area (TPSA) is 77.5 Å². The van der Waals surface area contributed by atoms with Crippen LogP contribution in [0.5, 0.6) is 0 Å². The molecule has 5 heteroatoms. The van der Waals surface area contributed by atoms with Crippen LogP contribution < -0.4 is 11.1 Å². The molecule has 1 fully saturated rings. The van der Waals surface area contributed by atoms with Crippen molar-refractivity contribution in [1.29, 1.82) is 0 Å². The standard InChI is InChI=1S/C17H22N2O3/c1-12-13-4-2-3-5-14(13)22-15(12)10-19-16(20)17(11-18)6-8-21-9-7-17/h2-5H,6-11,18H2,1H3,(H,19,20). The summed E-state index contributed by atoms with van der Waals surface area (Å²) >= 11 is 0. The molecule has 3 N–H and O–H groups in total. The number of rotatable bonds is 4. The molecule has 1 aliphatic heterocycles. The number of aryl methyl sites for hydroxylation is 1. The molecular weight excluding hydrogens is 280 g/mol. The van der Waals surface area contributed by atoms with Crippen LogP contribution >= 0.6 is 0 Å². The molecule has 0 saturated carbocycles. The van der Waals surface area contributed by atoms with Gasteiger partial charge in [-0.3, -0.25) is 4.79 Å². The van der Waals surface area contributed by atoms with Gasteiger partial charge in [-0.2, -0.15) is 0 Å². The molecule has 0 atom stereocenters. The van der Waals surface area contributed by atoms with Gasteiger partial charge >= 0.3 is 0 Å². The van der Waals surface area contributed by atoms with Crippen molar-refractivity contribution in [3.05, 3.63) is 35.6 Å². The molecule has 0 radical (unpaired) electrons. The molecule has 0 bridgehead atoms. The van der Waals surface area contributed by atoms with Crippen molar-refractivity contribution < 1.29 is 13.9 Å². The van der Waals surface area contributed by atoms with Crippen LogP contribution in [0.25, 0.3) is 11.0 Å².